The molecule has 0 saturated carbocycles. The maximum atomic E-state index is 12.6. The molecular formula is C20H22N2O8S. The van der Waals surface area contributed by atoms with Gasteiger partial charge in [-0.3, -0.25) is 10.1 Å². The number of carbonyl (C=O) groups excluding carboxylic acids is 3. The van der Waals surface area contributed by atoms with E-state index in [0.717, 1.165) is 31.6 Å². The van der Waals surface area contributed by atoms with E-state index in [1.165, 1.54) is 12.1 Å². The van der Waals surface area contributed by atoms with Gasteiger partial charge in [-0.2, -0.15) is 0 Å². The Hall–Kier alpha value is -3.47. The van der Waals surface area contributed by atoms with Crippen LogP contribution in [0.5, 0.6) is 0 Å². The Morgan fingerprint density at radius 1 is 1.10 bits per heavy atom. The van der Waals surface area contributed by atoms with E-state index in [0.29, 0.717) is 5.56 Å². The number of nitro benzene ring substituents is 1. The molecule has 0 fully saturated rings. The van der Waals surface area contributed by atoms with Gasteiger partial charge in [0.15, 0.2) is 0 Å². The first-order valence-electron chi connectivity index (χ1n) is 8.96. The molecule has 0 amide bonds. The molecule has 1 aromatic heterocycles. The molecule has 1 heterocycles. The first kappa shape index (κ1) is 23.8. The molecule has 2 N–H and O–H groups in total. The Balaban J connectivity index is 2.39. The molecule has 166 valence electrons. The zero-order valence-electron chi connectivity index (χ0n) is 17.6. The second kappa shape index (κ2) is 9.13. The van der Waals surface area contributed by atoms with Gasteiger partial charge in [0, 0.05) is 17.2 Å². The number of nitrogen functional groups attached to an aromatic ring is 1. The lowest BCUT2D eigenvalue weighted by Gasteiger charge is -2.19. The summed E-state index contributed by atoms with van der Waals surface area (Å²) in [5.41, 5.74) is 5.45. The van der Waals surface area contributed by atoms with Crippen LogP contribution in [0.2, 0.25) is 0 Å². The summed E-state index contributed by atoms with van der Waals surface area (Å²) in [6.07, 6.45) is 0. The molecule has 0 aliphatic heterocycles. The van der Waals surface area contributed by atoms with Gasteiger partial charge in [0.1, 0.15) is 22.0 Å². The third-order valence-corrected chi connectivity index (χ3v) is 5.42. The second-order valence-electron chi connectivity index (χ2n) is 7.45. The van der Waals surface area contributed by atoms with Gasteiger partial charge in [0.25, 0.3) is 5.69 Å². The number of hydrogen-bond acceptors (Lipinski definition) is 10. The number of hydrogen-bond donors (Lipinski definition) is 1. The standard InChI is InChI=1S/C20H22N2O8S/c1-20(2,3)12-7-6-10(8-13(12)22(26)27)17(23)30-9-11-14(18(24)28-4)16(21)31-15(11)19(25)29-5/h6-8H,9,21H2,1-5H3. The molecule has 0 atom stereocenters. The van der Waals surface area contributed by atoms with Crippen molar-refractivity contribution in [3.63, 3.8) is 0 Å². The van der Waals surface area contributed by atoms with Crippen molar-refractivity contribution in [2.45, 2.75) is 32.8 Å². The van der Waals surface area contributed by atoms with Crippen molar-refractivity contribution in [2.75, 3.05) is 20.0 Å². The number of benzene rings is 1. The molecule has 0 aliphatic carbocycles. The predicted octanol–water partition coefficient (Wildman–Crippen LogP) is 3.47. The predicted molar refractivity (Wildman–Crippen MR) is 112 cm³/mol. The summed E-state index contributed by atoms with van der Waals surface area (Å²) in [5.74, 6) is -2.44. The smallest absolute Gasteiger partial charge is 0.348 e. The summed E-state index contributed by atoms with van der Waals surface area (Å²) < 4.78 is 14.6. The molecule has 10 nitrogen and oxygen atoms in total. The van der Waals surface area contributed by atoms with Gasteiger partial charge in [-0.15, -0.1) is 11.3 Å². The molecule has 0 saturated heterocycles. The quantitative estimate of drug-likeness (QED) is 0.302. The van der Waals surface area contributed by atoms with Crippen molar-refractivity contribution in [1.82, 2.24) is 0 Å². The molecule has 2 aromatic rings. The van der Waals surface area contributed by atoms with Gasteiger partial charge in [0.05, 0.1) is 24.7 Å². The van der Waals surface area contributed by atoms with Gasteiger partial charge in [-0.25, -0.2) is 14.4 Å². The summed E-state index contributed by atoms with van der Waals surface area (Å²) in [7, 11) is 2.30. The van der Waals surface area contributed by atoms with Crippen LogP contribution in [-0.2, 0) is 26.2 Å². The first-order chi connectivity index (χ1) is 14.4. The maximum absolute atomic E-state index is 12.6. The number of ether oxygens (including phenoxy) is 3. The minimum Gasteiger partial charge on any atom is -0.465 e. The molecular weight excluding hydrogens is 428 g/mol. The number of esters is 3. The highest BCUT2D eigenvalue weighted by Gasteiger charge is 2.29. The minimum absolute atomic E-state index is 0.00321. The minimum atomic E-state index is -0.875. The van der Waals surface area contributed by atoms with E-state index >= 15 is 0 Å². The fraction of sp³-hybridized carbons (Fsp3) is 0.350. The highest BCUT2D eigenvalue weighted by molar-refractivity contribution is 7.18. The molecule has 2 rings (SSSR count). The van der Waals surface area contributed by atoms with Gasteiger partial charge in [0.2, 0.25) is 0 Å². The third kappa shape index (κ3) is 5.00. The molecule has 0 aliphatic rings. The fourth-order valence-electron chi connectivity index (χ4n) is 2.87. The third-order valence-electron chi connectivity index (χ3n) is 4.38. The van der Waals surface area contributed by atoms with Crippen LogP contribution in [0, 0.1) is 10.1 Å². The van der Waals surface area contributed by atoms with E-state index < -0.39 is 34.9 Å². The van der Waals surface area contributed by atoms with E-state index in [2.05, 4.69) is 9.47 Å². The number of nitrogens with two attached hydrogens (primary N) is 1. The lowest BCUT2D eigenvalue weighted by molar-refractivity contribution is -0.386. The largest absolute Gasteiger partial charge is 0.465 e. The van der Waals surface area contributed by atoms with Crippen molar-refractivity contribution in [2.24, 2.45) is 0 Å². The topological polar surface area (TPSA) is 148 Å². The average molecular weight is 450 g/mol. The van der Waals surface area contributed by atoms with Crippen LogP contribution in [0.1, 0.15) is 62.3 Å². The number of methoxy groups -OCH3 is 2. The van der Waals surface area contributed by atoms with Crippen molar-refractivity contribution >= 4 is 39.9 Å². The van der Waals surface area contributed by atoms with E-state index in [-0.39, 0.29) is 32.3 Å². The Kier molecular flexibility index (Phi) is 7.01. The number of anilines is 1. The van der Waals surface area contributed by atoms with Crippen LogP contribution in [0.4, 0.5) is 10.7 Å². The molecule has 0 radical (unpaired) electrons. The first-order valence-corrected chi connectivity index (χ1v) is 9.77. The molecule has 11 heteroatoms. The van der Waals surface area contributed by atoms with Crippen LogP contribution in [0.3, 0.4) is 0 Å². The van der Waals surface area contributed by atoms with Crippen molar-refractivity contribution < 1.29 is 33.5 Å². The number of carbonyl (C=O) groups is 3. The number of thiophene rings is 1. The zero-order chi connectivity index (χ0) is 23.5. The Morgan fingerprint density at radius 2 is 1.71 bits per heavy atom. The Bertz CT molecular complexity index is 1050. The van der Waals surface area contributed by atoms with Crippen LogP contribution >= 0.6 is 11.3 Å². The molecule has 0 spiro atoms. The summed E-state index contributed by atoms with van der Waals surface area (Å²) in [5, 5.41) is 11.5. The van der Waals surface area contributed by atoms with E-state index in [4.69, 9.17) is 10.5 Å². The van der Waals surface area contributed by atoms with Crippen LogP contribution < -0.4 is 5.73 Å². The van der Waals surface area contributed by atoms with Crippen LogP contribution in [-0.4, -0.2) is 37.1 Å². The second-order valence-corrected chi connectivity index (χ2v) is 8.50. The van der Waals surface area contributed by atoms with E-state index in [1.54, 1.807) is 0 Å². The molecule has 31 heavy (non-hydrogen) atoms. The van der Waals surface area contributed by atoms with Crippen molar-refractivity contribution in [3.05, 3.63) is 55.4 Å². The summed E-state index contributed by atoms with van der Waals surface area (Å²) in [4.78, 5) is 47.6. The maximum Gasteiger partial charge on any atom is 0.348 e. The number of rotatable bonds is 6. The lowest BCUT2D eigenvalue weighted by atomic mass is 9.85. The Morgan fingerprint density at radius 3 is 2.23 bits per heavy atom. The monoisotopic (exact) mass is 450 g/mol. The van der Waals surface area contributed by atoms with Crippen molar-refractivity contribution in [3.8, 4) is 0 Å². The van der Waals surface area contributed by atoms with Gasteiger partial charge >= 0.3 is 17.9 Å². The number of nitrogens with zero attached hydrogens (tertiary/aromatic N) is 1. The molecule has 1 aromatic carbocycles. The average Bonchev–Trinajstić information content (AvgIpc) is 3.05. The highest BCUT2D eigenvalue weighted by atomic mass is 32.1. The number of nitro groups is 1. The summed E-state index contributed by atoms with van der Waals surface area (Å²) in [6.45, 7) is 4.96. The van der Waals surface area contributed by atoms with Gasteiger partial charge < -0.3 is 19.9 Å². The highest BCUT2D eigenvalue weighted by Crippen LogP contribution is 2.34. The summed E-state index contributed by atoms with van der Waals surface area (Å²) >= 11 is 0.798. The van der Waals surface area contributed by atoms with E-state index in [9.17, 15) is 24.5 Å². The summed E-state index contributed by atoms with van der Waals surface area (Å²) in [6, 6.07) is 4.05. The molecule has 0 bridgehead atoms. The Labute approximate surface area is 182 Å². The van der Waals surface area contributed by atoms with E-state index in [1.807, 2.05) is 20.8 Å². The van der Waals surface area contributed by atoms with Crippen LogP contribution in [0.25, 0.3) is 0 Å². The van der Waals surface area contributed by atoms with Crippen LogP contribution in [0.15, 0.2) is 18.2 Å². The zero-order valence-corrected chi connectivity index (χ0v) is 18.5. The van der Waals surface area contributed by atoms with Crippen molar-refractivity contribution in [1.29, 1.82) is 0 Å². The molecule has 0 unspecified atom stereocenters. The fourth-order valence-corrected chi connectivity index (χ4v) is 3.85. The lowest BCUT2D eigenvalue weighted by Crippen LogP contribution is -2.16. The SMILES string of the molecule is COC(=O)c1sc(N)c(C(=O)OC)c1COC(=O)c1ccc(C(C)(C)C)c([N+](=O)[O-])c1. The normalized spacial score (nSPS) is 11.0. The van der Waals surface area contributed by atoms with Gasteiger partial charge in [-0.05, 0) is 11.5 Å². The van der Waals surface area contributed by atoms with Gasteiger partial charge in [-0.1, -0.05) is 26.8 Å².